The predicted octanol–water partition coefficient (Wildman–Crippen LogP) is 1.75. The van der Waals surface area contributed by atoms with Crippen LogP contribution in [0.3, 0.4) is 0 Å². The summed E-state index contributed by atoms with van der Waals surface area (Å²) in [5.41, 5.74) is 13.5. The number of rotatable bonds is 3. The molecule has 0 aliphatic carbocycles. The second-order valence-electron chi connectivity index (χ2n) is 4.54. The lowest BCUT2D eigenvalue weighted by atomic mass is 10.1. The maximum absolute atomic E-state index is 11.2. The van der Waals surface area contributed by atoms with Gasteiger partial charge in [-0.1, -0.05) is 6.92 Å². The van der Waals surface area contributed by atoms with Crippen LogP contribution in [0.1, 0.15) is 36.5 Å². The number of primary amides is 1. The van der Waals surface area contributed by atoms with Gasteiger partial charge in [-0.25, -0.2) is 0 Å². The number of nitrogens with zero attached hydrogens (tertiary/aromatic N) is 1. The molecule has 17 heavy (non-hydrogen) atoms. The van der Waals surface area contributed by atoms with E-state index in [2.05, 4.69) is 11.8 Å². The molecule has 1 aliphatic rings. The van der Waals surface area contributed by atoms with Gasteiger partial charge in [-0.05, 0) is 37.5 Å². The van der Waals surface area contributed by atoms with Gasteiger partial charge in [0.15, 0.2) is 0 Å². The van der Waals surface area contributed by atoms with Gasteiger partial charge in [0.05, 0.1) is 11.4 Å². The van der Waals surface area contributed by atoms with E-state index in [0.29, 0.717) is 11.6 Å². The monoisotopic (exact) mass is 233 g/mol. The Morgan fingerprint density at radius 1 is 1.53 bits per heavy atom. The normalized spacial score (nSPS) is 19.6. The van der Waals surface area contributed by atoms with Gasteiger partial charge in [0, 0.05) is 18.2 Å². The standard InChI is InChI=1S/C13H19N3O/c1-2-10-4-3-7-16(10)12-8-9(13(15)17)5-6-11(12)14/h5-6,8,10H,2-4,7,14H2,1H3,(H2,15,17). The van der Waals surface area contributed by atoms with E-state index in [0.717, 1.165) is 24.3 Å². The number of hydrogen-bond donors (Lipinski definition) is 2. The van der Waals surface area contributed by atoms with Crippen LogP contribution in [0.5, 0.6) is 0 Å². The van der Waals surface area contributed by atoms with E-state index in [-0.39, 0.29) is 0 Å². The Balaban J connectivity index is 2.36. The Morgan fingerprint density at radius 3 is 2.94 bits per heavy atom. The van der Waals surface area contributed by atoms with Gasteiger partial charge in [0.2, 0.25) is 5.91 Å². The number of amides is 1. The van der Waals surface area contributed by atoms with Crippen LogP contribution in [-0.4, -0.2) is 18.5 Å². The van der Waals surface area contributed by atoms with Crippen LogP contribution >= 0.6 is 0 Å². The van der Waals surface area contributed by atoms with Crippen molar-refractivity contribution in [3.63, 3.8) is 0 Å². The van der Waals surface area contributed by atoms with E-state index in [4.69, 9.17) is 11.5 Å². The van der Waals surface area contributed by atoms with Crippen molar-refractivity contribution >= 4 is 17.3 Å². The molecular weight excluding hydrogens is 214 g/mol. The zero-order valence-corrected chi connectivity index (χ0v) is 10.1. The lowest BCUT2D eigenvalue weighted by molar-refractivity contribution is 0.100. The average Bonchev–Trinajstić information content (AvgIpc) is 2.77. The Bertz CT molecular complexity index is 431. The molecule has 4 nitrogen and oxygen atoms in total. The molecule has 92 valence electrons. The van der Waals surface area contributed by atoms with Gasteiger partial charge in [-0.2, -0.15) is 0 Å². The van der Waals surface area contributed by atoms with Gasteiger partial charge < -0.3 is 16.4 Å². The van der Waals surface area contributed by atoms with Crippen molar-refractivity contribution in [2.24, 2.45) is 5.73 Å². The van der Waals surface area contributed by atoms with Crippen LogP contribution in [0, 0.1) is 0 Å². The molecule has 4 N–H and O–H groups in total. The summed E-state index contributed by atoms with van der Waals surface area (Å²) in [6, 6.07) is 5.78. The minimum absolute atomic E-state index is 0.404. The first-order valence-corrected chi connectivity index (χ1v) is 6.09. The molecule has 0 aromatic heterocycles. The molecular formula is C13H19N3O. The highest BCUT2D eigenvalue weighted by molar-refractivity contribution is 5.95. The highest BCUT2D eigenvalue weighted by Crippen LogP contribution is 2.32. The Labute approximate surface area is 102 Å². The van der Waals surface area contributed by atoms with Crippen LogP contribution in [0.4, 0.5) is 11.4 Å². The summed E-state index contributed by atoms with van der Waals surface area (Å²) in [6.45, 7) is 3.18. The third kappa shape index (κ3) is 2.20. The summed E-state index contributed by atoms with van der Waals surface area (Å²) in [5.74, 6) is -0.404. The summed E-state index contributed by atoms with van der Waals surface area (Å²) in [7, 11) is 0. The topological polar surface area (TPSA) is 72.3 Å². The highest BCUT2D eigenvalue weighted by Gasteiger charge is 2.24. The SMILES string of the molecule is CCC1CCCN1c1cc(C(N)=O)ccc1N. The molecule has 1 aromatic rings. The first kappa shape index (κ1) is 11.8. The number of carbonyl (C=O) groups excluding carboxylic acids is 1. The summed E-state index contributed by atoms with van der Waals surface area (Å²) in [5, 5.41) is 0. The average molecular weight is 233 g/mol. The molecule has 1 amide bonds. The molecule has 1 atom stereocenters. The predicted molar refractivity (Wildman–Crippen MR) is 70.0 cm³/mol. The lowest BCUT2D eigenvalue weighted by Crippen LogP contribution is -2.29. The van der Waals surface area contributed by atoms with E-state index in [1.165, 1.54) is 12.8 Å². The van der Waals surface area contributed by atoms with Gasteiger partial charge in [0.25, 0.3) is 0 Å². The van der Waals surface area contributed by atoms with Crippen molar-refractivity contribution < 1.29 is 4.79 Å². The van der Waals surface area contributed by atoms with Crippen molar-refractivity contribution in [1.29, 1.82) is 0 Å². The molecule has 1 fully saturated rings. The Kier molecular flexibility index (Phi) is 3.22. The van der Waals surface area contributed by atoms with E-state index in [1.54, 1.807) is 12.1 Å². The molecule has 0 saturated carbocycles. The number of hydrogen-bond acceptors (Lipinski definition) is 3. The third-order valence-electron chi connectivity index (χ3n) is 3.47. The van der Waals surface area contributed by atoms with E-state index >= 15 is 0 Å². The molecule has 4 heteroatoms. The largest absolute Gasteiger partial charge is 0.397 e. The summed E-state index contributed by atoms with van der Waals surface area (Å²) in [4.78, 5) is 13.5. The summed E-state index contributed by atoms with van der Waals surface area (Å²) in [6.07, 6.45) is 3.47. The zero-order valence-electron chi connectivity index (χ0n) is 10.1. The third-order valence-corrected chi connectivity index (χ3v) is 3.47. The van der Waals surface area contributed by atoms with E-state index in [1.807, 2.05) is 6.07 Å². The van der Waals surface area contributed by atoms with Crippen LogP contribution in [-0.2, 0) is 0 Å². The Hall–Kier alpha value is -1.71. The molecule has 2 rings (SSSR count). The summed E-state index contributed by atoms with van der Waals surface area (Å²) < 4.78 is 0. The van der Waals surface area contributed by atoms with Gasteiger partial charge >= 0.3 is 0 Å². The molecule has 0 spiro atoms. The van der Waals surface area contributed by atoms with Crippen molar-refractivity contribution in [1.82, 2.24) is 0 Å². The van der Waals surface area contributed by atoms with Gasteiger partial charge in [-0.3, -0.25) is 4.79 Å². The number of nitrogen functional groups attached to an aromatic ring is 1. The zero-order chi connectivity index (χ0) is 12.4. The molecule has 1 saturated heterocycles. The van der Waals surface area contributed by atoms with Gasteiger partial charge in [-0.15, -0.1) is 0 Å². The van der Waals surface area contributed by atoms with E-state index in [9.17, 15) is 4.79 Å². The molecule has 0 radical (unpaired) electrons. The van der Waals surface area contributed by atoms with Gasteiger partial charge in [0.1, 0.15) is 0 Å². The molecule has 1 unspecified atom stereocenters. The van der Waals surface area contributed by atoms with E-state index < -0.39 is 5.91 Å². The fourth-order valence-electron chi connectivity index (χ4n) is 2.52. The quantitative estimate of drug-likeness (QED) is 0.781. The minimum Gasteiger partial charge on any atom is -0.397 e. The van der Waals surface area contributed by atoms with Crippen molar-refractivity contribution in [3.05, 3.63) is 23.8 Å². The molecule has 1 aromatic carbocycles. The number of anilines is 2. The second-order valence-corrected chi connectivity index (χ2v) is 4.54. The second kappa shape index (κ2) is 4.65. The highest BCUT2D eigenvalue weighted by atomic mass is 16.1. The molecule has 1 heterocycles. The maximum atomic E-state index is 11.2. The van der Waals surface area contributed by atoms with Crippen molar-refractivity contribution in [2.75, 3.05) is 17.2 Å². The smallest absolute Gasteiger partial charge is 0.248 e. The lowest BCUT2D eigenvalue weighted by Gasteiger charge is -2.27. The molecule has 0 bridgehead atoms. The fraction of sp³-hybridized carbons (Fsp3) is 0.462. The fourth-order valence-corrected chi connectivity index (χ4v) is 2.52. The first-order chi connectivity index (χ1) is 8.13. The number of carbonyl (C=O) groups is 1. The van der Waals surface area contributed by atoms with Crippen LogP contribution in [0.15, 0.2) is 18.2 Å². The van der Waals surface area contributed by atoms with Crippen molar-refractivity contribution in [2.45, 2.75) is 32.2 Å². The first-order valence-electron chi connectivity index (χ1n) is 6.09. The number of benzene rings is 1. The Morgan fingerprint density at radius 2 is 2.29 bits per heavy atom. The molecule has 1 aliphatic heterocycles. The summed E-state index contributed by atoms with van der Waals surface area (Å²) >= 11 is 0. The minimum atomic E-state index is -0.404. The van der Waals surface area contributed by atoms with Crippen LogP contribution in [0.25, 0.3) is 0 Å². The van der Waals surface area contributed by atoms with Crippen LogP contribution < -0.4 is 16.4 Å². The number of nitrogens with two attached hydrogens (primary N) is 2. The maximum Gasteiger partial charge on any atom is 0.248 e. The van der Waals surface area contributed by atoms with Crippen molar-refractivity contribution in [3.8, 4) is 0 Å². The van der Waals surface area contributed by atoms with Crippen LogP contribution in [0.2, 0.25) is 0 Å².